The van der Waals surface area contributed by atoms with Gasteiger partial charge >= 0.3 is 0 Å². The molecule has 1 aliphatic heterocycles. The molecule has 0 unspecified atom stereocenters. The highest BCUT2D eigenvalue weighted by Gasteiger charge is 2.10. The molecule has 19 heavy (non-hydrogen) atoms. The van der Waals surface area contributed by atoms with Crippen LogP contribution in [-0.4, -0.2) is 29.6 Å². The van der Waals surface area contributed by atoms with Crippen molar-refractivity contribution in [2.75, 3.05) is 13.1 Å². The Hall–Kier alpha value is -1.64. The fourth-order valence-corrected chi connectivity index (χ4v) is 2.43. The van der Waals surface area contributed by atoms with Crippen LogP contribution in [-0.2, 0) is 11.2 Å². The van der Waals surface area contributed by atoms with Crippen LogP contribution in [0.2, 0.25) is 0 Å². The highest BCUT2D eigenvalue weighted by atomic mass is 16.1. The minimum absolute atomic E-state index is 0.240. The van der Waals surface area contributed by atoms with Crippen LogP contribution in [0.4, 0.5) is 0 Å². The Morgan fingerprint density at radius 1 is 1.16 bits per heavy atom. The van der Waals surface area contributed by atoms with E-state index >= 15 is 0 Å². The molecule has 3 nitrogen and oxygen atoms in total. The number of piperidine rings is 1. The maximum atomic E-state index is 12.0. The van der Waals surface area contributed by atoms with Crippen LogP contribution in [0.25, 0.3) is 0 Å². The van der Waals surface area contributed by atoms with E-state index in [1.807, 2.05) is 37.3 Å². The summed E-state index contributed by atoms with van der Waals surface area (Å²) in [4.78, 5) is 12.0. The Labute approximate surface area is 115 Å². The maximum Gasteiger partial charge on any atom is 0.142 e. The van der Waals surface area contributed by atoms with Crippen molar-refractivity contribution < 1.29 is 4.79 Å². The van der Waals surface area contributed by atoms with Crippen molar-refractivity contribution in [2.45, 2.75) is 39.0 Å². The molecular weight excluding hydrogens is 236 g/mol. The van der Waals surface area contributed by atoms with Gasteiger partial charge in [0, 0.05) is 31.6 Å². The summed E-state index contributed by atoms with van der Waals surface area (Å²) in [6.07, 6.45) is 4.71. The van der Waals surface area contributed by atoms with Gasteiger partial charge in [-0.3, -0.25) is 9.80 Å². The third kappa shape index (κ3) is 4.86. The Morgan fingerprint density at radius 3 is 2.53 bits per heavy atom. The fraction of sp³-hybridized carbons (Fsp3) is 0.500. The van der Waals surface area contributed by atoms with Crippen LogP contribution in [0.15, 0.2) is 35.4 Å². The lowest BCUT2D eigenvalue weighted by Gasteiger charge is -2.24. The van der Waals surface area contributed by atoms with E-state index in [2.05, 4.69) is 10.1 Å². The first-order chi connectivity index (χ1) is 9.24. The first-order valence-corrected chi connectivity index (χ1v) is 7.09. The van der Waals surface area contributed by atoms with Gasteiger partial charge in [0.15, 0.2) is 0 Å². The molecule has 1 aromatic rings. The molecule has 0 radical (unpaired) electrons. The normalized spacial score (nSPS) is 16.5. The van der Waals surface area contributed by atoms with Gasteiger partial charge in [-0.15, -0.1) is 0 Å². The molecule has 102 valence electrons. The van der Waals surface area contributed by atoms with Crippen LogP contribution >= 0.6 is 0 Å². The fourth-order valence-electron chi connectivity index (χ4n) is 2.43. The molecule has 0 aliphatic carbocycles. The second-order valence-corrected chi connectivity index (χ2v) is 5.23. The molecule has 1 heterocycles. The molecule has 1 saturated heterocycles. The van der Waals surface area contributed by atoms with E-state index in [9.17, 15) is 4.79 Å². The predicted octanol–water partition coefficient (Wildman–Crippen LogP) is 3.05. The minimum Gasteiger partial charge on any atom is -0.299 e. The van der Waals surface area contributed by atoms with E-state index in [4.69, 9.17) is 0 Å². The van der Waals surface area contributed by atoms with Crippen LogP contribution in [0.3, 0.4) is 0 Å². The summed E-state index contributed by atoms with van der Waals surface area (Å²) in [7, 11) is 0. The molecule has 0 atom stereocenters. The van der Waals surface area contributed by atoms with Crippen molar-refractivity contribution in [3.63, 3.8) is 0 Å². The number of rotatable bonds is 5. The number of carbonyl (C=O) groups excluding carboxylic acids is 1. The van der Waals surface area contributed by atoms with Crippen molar-refractivity contribution in [3.05, 3.63) is 35.9 Å². The SMILES string of the molecule is C/C(CC(=O)Cc1ccccc1)=N\N1CCCCC1. The average Bonchev–Trinajstić information content (AvgIpc) is 2.40. The summed E-state index contributed by atoms with van der Waals surface area (Å²) in [5.41, 5.74) is 2.01. The third-order valence-corrected chi connectivity index (χ3v) is 3.34. The number of nitrogens with zero attached hydrogens (tertiary/aromatic N) is 2. The summed E-state index contributed by atoms with van der Waals surface area (Å²) in [5.74, 6) is 0.240. The van der Waals surface area contributed by atoms with Gasteiger partial charge in [0.25, 0.3) is 0 Å². The Morgan fingerprint density at radius 2 is 1.84 bits per heavy atom. The summed E-state index contributed by atoms with van der Waals surface area (Å²) in [6.45, 7) is 4.02. The molecule has 1 fully saturated rings. The van der Waals surface area contributed by atoms with Crippen molar-refractivity contribution in [1.82, 2.24) is 5.01 Å². The molecule has 3 heteroatoms. The summed E-state index contributed by atoms with van der Waals surface area (Å²) in [6, 6.07) is 9.90. The quantitative estimate of drug-likeness (QED) is 0.760. The Kier molecular flexibility index (Phi) is 5.13. The zero-order valence-corrected chi connectivity index (χ0v) is 11.6. The van der Waals surface area contributed by atoms with Gasteiger partial charge in [-0.1, -0.05) is 30.3 Å². The molecule has 0 N–H and O–H groups in total. The van der Waals surface area contributed by atoms with E-state index in [1.165, 1.54) is 19.3 Å². The van der Waals surface area contributed by atoms with Gasteiger partial charge in [-0.25, -0.2) is 0 Å². The van der Waals surface area contributed by atoms with Crippen molar-refractivity contribution >= 4 is 11.5 Å². The van der Waals surface area contributed by atoms with E-state index in [1.54, 1.807) is 0 Å². The average molecular weight is 258 g/mol. The van der Waals surface area contributed by atoms with Gasteiger partial charge in [0.2, 0.25) is 0 Å². The minimum atomic E-state index is 0.240. The number of hydrazone groups is 1. The molecule has 1 aromatic carbocycles. The van der Waals surface area contributed by atoms with E-state index < -0.39 is 0 Å². The molecule has 0 spiro atoms. The Balaban J connectivity index is 1.82. The molecular formula is C16H22N2O. The van der Waals surface area contributed by atoms with Gasteiger partial charge in [-0.05, 0) is 31.7 Å². The van der Waals surface area contributed by atoms with E-state index in [-0.39, 0.29) is 5.78 Å². The predicted molar refractivity (Wildman–Crippen MR) is 78.3 cm³/mol. The van der Waals surface area contributed by atoms with Crippen molar-refractivity contribution in [1.29, 1.82) is 0 Å². The topological polar surface area (TPSA) is 32.7 Å². The van der Waals surface area contributed by atoms with Crippen LogP contribution in [0.5, 0.6) is 0 Å². The van der Waals surface area contributed by atoms with Crippen molar-refractivity contribution in [2.24, 2.45) is 5.10 Å². The molecule has 0 aromatic heterocycles. The summed E-state index contributed by atoms with van der Waals surface area (Å²) >= 11 is 0. The second-order valence-electron chi connectivity index (χ2n) is 5.23. The lowest BCUT2D eigenvalue weighted by atomic mass is 10.1. The smallest absolute Gasteiger partial charge is 0.142 e. The number of carbonyl (C=O) groups is 1. The van der Waals surface area contributed by atoms with Gasteiger partial charge < -0.3 is 0 Å². The number of hydrogen-bond donors (Lipinski definition) is 0. The molecule has 0 saturated carbocycles. The van der Waals surface area contributed by atoms with E-state index in [0.717, 1.165) is 24.4 Å². The largest absolute Gasteiger partial charge is 0.299 e. The third-order valence-electron chi connectivity index (χ3n) is 3.34. The summed E-state index contributed by atoms with van der Waals surface area (Å²) < 4.78 is 0. The lowest BCUT2D eigenvalue weighted by molar-refractivity contribution is -0.117. The van der Waals surface area contributed by atoms with Gasteiger partial charge in [0.05, 0.1) is 0 Å². The van der Waals surface area contributed by atoms with Crippen LogP contribution in [0, 0.1) is 0 Å². The highest BCUT2D eigenvalue weighted by molar-refractivity contribution is 6.01. The van der Waals surface area contributed by atoms with Crippen molar-refractivity contribution in [3.8, 4) is 0 Å². The molecule has 0 amide bonds. The van der Waals surface area contributed by atoms with Gasteiger partial charge in [-0.2, -0.15) is 5.10 Å². The Bertz CT molecular complexity index is 433. The molecule has 0 bridgehead atoms. The lowest BCUT2D eigenvalue weighted by Crippen LogP contribution is -2.26. The van der Waals surface area contributed by atoms with Crippen LogP contribution < -0.4 is 0 Å². The number of benzene rings is 1. The van der Waals surface area contributed by atoms with E-state index in [0.29, 0.717) is 12.8 Å². The molecule has 1 aliphatic rings. The summed E-state index contributed by atoms with van der Waals surface area (Å²) in [5, 5.41) is 6.65. The number of hydrogen-bond acceptors (Lipinski definition) is 3. The second kappa shape index (κ2) is 7.07. The monoisotopic (exact) mass is 258 g/mol. The highest BCUT2D eigenvalue weighted by Crippen LogP contribution is 2.10. The van der Waals surface area contributed by atoms with Gasteiger partial charge in [0.1, 0.15) is 5.78 Å². The van der Waals surface area contributed by atoms with Crippen LogP contribution in [0.1, 0.15) is 38.2 Å². The zero-order valence-electron chi connectivity index (χ0n) is 11.6. The first kappa shape index (κ1) is 13.8. The first-order valence-electron chi connectivity index (χ1n) is 7.09. The number of Topliss-reactive ketones (excluding diaryl/α,β-unsaturated/α-hetero) is 1. The zero-order chi connectivity index (χ0) is 13.5. The standard InChI is InChI=1S/C16H22N2O/c1-14(17-18-10-6-3-7-11-18)12-16(19)13-15-8-4-2-5-9-15/h2,4-5,8-9H,3,6-7,10-13H2,1H3/b17-14+. The number of ketones is 1. The maximum absolute atomic E-state index is 12.0. The molecule has 2 rings (SSSR count).